The molecule has 102 valence electrons. The van der Waals surface area contributed by atoms with E-state index in [0.717, 1.165) is 51.0 Å². The second-order valence-corrected chi connectivity index (χ2v) is 6.11. The molecule has 0 spiro atoms. The van der Waals surface area contributed by atoms with Crippen LogP contribution in [0.5, 0.6) is 0 Å². The molecule has 1 N–H and O–H groups in total. The van der Waals surface area contributed by atoms with Crippen LogP contribution in [0.2, 0.25) is 0 Å². The summed E-state index contributed by atoms with van der Waals surface area (Å²) in [5.74, 6) is 0.754. The molecule has 0 radical (unpaired) electrons. The molecule has 0 aromatic rings. The van der Waals surface area contributed by atoms with Gasteiger partial charge in [0.1, 0.15) is 5.60 Å². The summed E-state index contributed by atoms with van der Waals surface area (Å²) in [7, 11) is 0. The van der Waals surface area contributed by atoms with Gasteiger partial charge >= 0.3 is 0 Å². The van der Waals surface area contributed by atoms with Gasteiger partial charge < -0.3 is 9.84 Å². The van der Waals surface area contributed by atoms with Crippen LogP contribution in [0.4, 0.5) is 0 Å². The normalized spacial score (nSPS) is 41.3. The predicted octanol–water partition coefficient (Wildman–Crippen LogP) is 3.03. The maximum Gasteiger partial charge on any atom is 0.107 e. The first-order valence-corrected chi connectivity index (χ1v) is 7.37. The number of nitrogens with zero attached hydrogens (tertiary/aromatic N) is 1. The summed E-state index contributed by atoms with van der Waals surface area (Å²) in [6.07, 6.45) is 7.93. The summed E-state index contributed by atoms with van der Waals surface area (Å²) in [6, 6.07) is 2.46. The van der Waals surface area contributed by atoms with Gasteiger partial charge in [0.15, 0.2) is 0 Å². The molecule has 1 unspecified atom stereocenters. The number of aliphatic hydroxyl groups is 1. The lowest BCUT2D eigenvalue weighted by atomic mass is 9.60. The van der Waals surface area contributed by atoms with Crippen molar-refractivity contribution in [2.75, 3.05) is 13.2 Å². The molecule has 2 rings (SSSR count). The van der Waals surface area contributed by atoms with E-state index in [1.54, 1.807) is 0 Å². The van der Waals surface area contributed by atoms with Crippen LogP contribution in [-0.2, 0) is 4.74 Å². The molecule has 1 aliphatic heterocycles. The van der Waals surface area contributed by atoms with Crippen LogP contribution in [0.25, 0.3) is 0 Å². The van der Waals surface area contributed by atoms with Gasteiger partial charge in [-0.25, -0.2) is 0 Å². The van der Waals surface area contributed by atoms with E-state index in [4.69, 9.17) is 4.74 Å². The minimum absolute atomic E-state index is 0.346. The molecule has 1 heterocycles. The number of rotatable bonds is 3. The first-order valence-electron chi connectivity index (χ1n) is 7.37. The highest BCUT2D eigenvalue weighted by Gasteiger charge is 2.52. The Morgan fingerprint density at radius 3 is 2.56 bits per heavy atom. The number of nitriles is 1. The molecular weight excluding hydrogens is 226 g/mol. The van der Waals surface area contributed by atoms with Crippen molar-refractivity contribution in [1.82, 2.24) is 0 Å². The lowest BCUT2D eigenvalue weighted by Crippen LogP contribution is -2.54. The molecule has 0 bridgehead atoms. The van der Waals surface area contributed by atoms with Crippen molar-refractivity contribution in [1.29, 1.82) is 5.26 Å². The fourth-order valence-electron chi connectivity index (χ4n) is 3.71. The van der Waals surface area contributed by atoms with Crippen LogP contribution in [0.15, 0.2) is 0 Å². The van der Waals surface area contributed by atoms with Gasteiger partial charge in [-0.1, -0.05) is 19.8 Å². The van der Waals surface area contributed by atoms with Gasteiger partial charge in [-0.05, 0) is 44.4 Å². The molecule has 3 heteroatoms. The molecule has 0 aromatic carbocycles. The summed E-state index contributed by atoms with van der Waals surface area (Å²) in [5.41, 5.74) is -1.46. The molecule has 0 aromatic heterocycles. The van der Waals surface area contributed by atoms with E-state index in [0.29, 0.717) is 6.61 Å². The van der Waals surface area contributed by atoms with Crippen LogP contribution in [-0.4, -0.2) is 23.9 Å². The Balaban J connectivity index is 2.06. The fraction of sp³-hybridized carbons (Fsp3) is 0.933. The van der Waals surface area contributed by atoms with Gasteiger partial charge in [0, 0.05) is 6.61 Å². The Hall–Kier alpha value is -0.590. The smallest absolute Gasteiger partial charge is 0.107 e. The third-order valence-electron chi connectivity index (χ3n) is 4.98. The zero-order chi connectivity index (χ0) is 13.1. The number of ether oxygens (including phenoxy) is 1. The topological polar surface area (TPSA) is 53.2 Å². The maximum atomic E-state index is 10.8. The van der Waals surface area contributed by atoms with Crippen molar-refractivity contribution in [2.45, 2.75) is 63.9 Å². The SMILES string of the molecule is CCCC1CCC(C#N)(C2(O)CCCOC2)CC1. The molecule has 1 aliphatic carbocycles. The fourth-order valence-corrected chi connectivity index (χ4v) is 3.71. The Morgan fingerprint density at radius 1 is 1.33 bits per heavy atom. The van der Waals surface area contributed by atoms with Gasteiger partial charge in [0.2, 0.25) is 0 Å². The van der Waals surface area contributed by atoms with Gasteiger partial charge in [-0.15, -0.1) is 0 Å². The molecule has 18 heavy (non-hydrogen) atoms. The third-order valence-corrected chi connectivity index (χ3v) is 4.98. The quantitative estimate of drug-likeness (QED) is 0.838. The Morgan fingerprint density at radius 2 is 2.06 bits per heavy atom. The van der Waals surface area contributed by atoms with E-state index < -0.39 is 11.0 Å². The first-order chi connectivity index (χ1) is 8.66. The highest BCUT2D eigenvalue weighted by molar-refractivity contribution is 5.13. The molecule has 3 nitrogen and oxygen atoms in total. The predicted molar refractivity (Wildman–Crippen MR) is 69.9 cm³/mol. The molecule has 1 atom stereocenters. The van der Waals surface area contributed by atoms with E-state index in [1.165, 1.54) is 12.8 Å². The minimum Gasteiger partial charge on any atom is -0.386 e. The number of hydrogen-bond acceptors (Lipinski definition) is 3. The first kappa shape index (κ1) is 13.8. The van der Waals surface area contributed by atoms with E-state index in [-0.39, 0.29) is 0 Å². The lowest BCUT2D eigenvalue weighted by Gasteiger charge is -2.48. The lowest BCUT2D eigenvalue weighted by molar-refractivity contribution is -0.155. The van der Waals surface area contributed by atoms with Gasteiger partial charge in [-0.3, -0.25) is 0 Å². The zero-order valence-electron chi connectivity index (χ0n) is 11.5. The molecule has 0 amide bonds. The van der Waals surface area contributed by atoms with Crippen molar-refractivity contribution in [3.63, 3.8) is 0 Å². The molecule has 1 saturated carbocycles. The van der Waals surface area contributed by atoms with Crippen LogP contribution >= 0.6 is 0 Å². The summed E-state index contributed by atoms with van der Waals surface area (Å²) in [4.78, 5) is 0. The highest BCUT2D eigenvalue weighted by Crippen LogP contribution is 2.49. The standard InChI is InChI=1S/C15H25NO2/c1-2-4-13-5-8-14(11-16,9-6-13)15(17)7-3-10-18-12-15/h13,17H,2-10,12H2,1H3. The van der Waals surface area contributed by atoms with Gasteiger partial charge in [0.25, 0.3) is 0 Å². The average Bonchev–Trinajstić information content (AvgIpc) is 2.41. The van der Waals surface area contributed by atoms with E-state index >= 15 is 0 Å². The van der Waals surface area contributed by atoms with Crippen LogP contribution in [0, 0.1) is 22.7 Å². The van der Waals surface area contributed by atoms with Gasteiger partial charge in [-0.2, -0.15) is 5.26 Å². The summed E-state index contributed by atoms with van der Waals surface area (Å²) in [6.45, 7) is 3.29. The highest BCUT2D eigenvalue weighted by atomic mass is 16.5. The minimum atomic E-state index is -0.906. The third kappa shape index (κ3) is 2.41. The Labute approximate surface area is 110 Å². The van der Waals surface area contributed by atoms with Gasteiger partial charge in [0.05, 0.1) is 18.1 Å². The maximum absolute atomic E-state index is 10.8. The summed E-state index contributed by atoms with van der Waals surface area (Å²) >= 11 is 0. The van der Waals surface area contributed by atoms with E-state index in [9.17, 15) is 10.4 Å². The largest absolute Gasteiger partial charge is 0.386 e. The van der Waals surface area contributed by atoms with Crippen molar-refractivity contribution >= 4 is 0 Å². The van der Waals surface area contributed by atoms with E-state index in [2.05, 4.69) is 13.0 Å². The summed E-state index contributed by atoms with van der Waals surface area (Å²) < 4.78 is 5.44. The number of hydrogen-bond donors (Lipinski definition) is 1. The Bertz CT molecular complexity index is 307. The monoisotopic (exact) mass is 251 g/mol. The average molecular weight is 251 g/mol. The van der Waals surface area contributed by atoms with Crippen LogP contribution in [0.3, 0.4) is 0 Å². The molecule has 1 saturated heterocycles. The van der Waals surface area contributed by atoms with Crippen LogP contribution in [0.1, 0.15) is 58.3 Å². The molecular formula is C15H25NO2. The van der Waals surface area contributed by atoms with Crippen molar-refractivity contribution in [3.8, 4) is 6.07 Å². The zero-order valence-corrected chi connectivity index (χ0v) is 11.5. The van der Waals surface area contributed by atoms with Crippen molar-refractivity contribution < 1.29 is 9.84 Å². The summed E-state index contributed by atoms with van der Waals surface area (Å²) in [5, 5.41) is 20.4. The van der Waals surface area contributed by atoms with Crippen molar-refractivity contribution in [2.24, 2.45) is 11.3 Å². The van der Waals surface area contributed by atoms with E-state index in [1.807, 2.05) is 0 Å². The Kier molecular flexibility index (Phi) is 4.29. The van der Waals surface area contributed by atoms with Crippen LogP contribution < -0.4 is 0 Å². The second-order valence-electron chi connectivity index (χ2n) is 6.11. The second kappa shape index (κ2) is 5.59. The van der Waals surface area contributed by atoms with Crippen molar-refractivity contribution in [3.05, 3.63) is 0 Å². The molecule has 2 aliphatic rings. The molecule has 2 fully saturated rings.